The summed E-state index contributed by atoms with van der Waals surface area (Å²) in [6.45, 7) is 1.46. The third kappa shape index (κ3) is 6.66. The van der Waals surface area contributed by atoms with Crippen LogP contribution in [0.1, 0.15) is 37.0 Å². The first-order valence-electron chi connectivity index (χ1n) is 10.2. The second-order valence-corrected chi connectivity index (χ2v) is 7.49. The van der Waals surface area contributed by atoms with Crippen molar-refractivity contribution in [3.63, 3.8) is 0 Å². The van der Waals surface area contributed by atoms with Gasteiger partial charge in [0, 0.05) is 17.7 Å². The topological polar surface area (TPSA) is 93.7 Å². The monoisotopic (exact) mass is 440 g/mol. The van der Waals surface area contributed by atoms with Crippen molar-refractivity contribution in [1.82, 2.24) is 10.6 Å². The predicted octanol–water partition coefficient (Wildman–Crippen LogP) is 2.92. The third-order valence-electron chi connectivity index (χ3n) is 4.82. The number of carbonyl (C=O) groups is 3. The van der Waals surface area contributed by atoms with Crippen LogP contribution in [0.5, 0.6) is 5.75 Å². The Morgan fingerprint density at radius 3 is 2.31 bits per heavy atom. The molecule has 1 aliphatic rings. The van der Waals surface area contributed by atoms with Crippen LogP contribution in [0.2, 0.25) is 0 Å². The first kappa shape index (κ1) is 23.0. The highest BCUT2D eigenvalue weighted by Crippen LogP contribution is 2.24. The van der Waals surface area contributed by atoms with Gasteiger partial charge < -0.3 is 20.1 Å². The summed E-state index contributed by atoms with van der Waals surface area (Å²) < 4.78 is 23.7. The first-order valence-corrected chi connectivity index (χ1v) is 10.2. The highest BCUT2D eigenvalue weighted by atomic mass is 19.1. The van der Waals surface area contributed by atoms with Crippen molar-refractivity contribution >= 4 is 23.9 Å². The third-order valence-corrected chi connectivity index (χ3v) is 4.82. The van der Waals surface area contributed by atoms with Crippen LogP contribution in [0.15, 0.2) is 54.6 Å². The molecule has 7 nitrogen and oxygen atoms in total. The van der Waals surface area contributed by atoms with Gasteiger partial charge in [0.1, 0.15) is 17.6 Å². The molecule has 0 heterocycles. The SMILES string of the molecule is COc1ccc(/C=C/C(=O)N[C@@H](C)C(=O)OC(C(=O)NC2CC2)c2ccc(F)cc2)cc1. The number of hydrogen-bond acceptors (Lipinski definition) is 5. The van der Waals surface area contributed by atoms with Crippen molar-refractivity contribution in [2.45, 2.75) is 38.0 Å². The first-order chi connectivity index (χ1) is 15.4. The number of methoxy groups -OCH3 is 1. The summed E-state index contributed by atoms with van der Waals surface area (Å²) in [4.78, 5) is 37.3. The number of nitrogens with one attached hydrogen (secondary N) is 2. The van der Waals surface area contributed by atoms with Crippen molar-refractivity contribution in [2.75, 3.05) is 7.11 Å². The minimum atomic E-state index is -1.24. The summed E-state index contributed by atoms with van der Waals surface area (Å²) in [5.41, 5.74) is 1.13. The van der Waals surface area contributed by atoms with E-state index in [0.717, 1.165) is 18.4 Å². The van der Waals surface area contributed by atoms with E-state index < -0.39 is 35.7 Å². The van der Waals surface area contributed by atoms with Crippen LogP contribution in [0.3, 0.4) is 0 Å². The quantitative estimate of drug-likeness (QED) is 0.462. The highest BCUT2D eigenvalue weighted by Gasteiger charge is 2.32. The second-order valence-electron chi connectivity index (χ2n) is 7.49. The number of hydrogen-bond donors (Lipinski definition) is 2. The molecule has 1 saturated carbocycles. The average Bonchev–Trinajstić information content (AvgIpc) is 3.60. The molecule has 1 aliphatic carbocycles. The summed E-state index contributed by atoms with van der Waals surface area (Å²) in [5.74, 6) is -1.53. The van der Waals surface area contributed by atoms with Gasteiger partial charge in [0.2, 0.25) is 12.0 Å². The number of rotatable bonds is 9. The lowest BCUT2D eigenvalue weighted by Gasteiger charge is -2.20. The summed E-state index contributed by atoms with van der Waals surface area (Å²) in [7, 11) is 1.56. The summed E-state index contributed by atoms with van der Waals surface area (Å²) in [5, 5.41) is 5.30. The molecule has 0 spiro atoms. The van der Waals surface area contributed by atoms with E-state index in [9.17, 15) is 18.8 Å². The van der Waals surface area contributed by atoms with Gasteiger partial charge in [-0.1, -0.05) is 24.3 Å². The van der Waals surface area contributed by atoms with Crippen LogP contribution in [0.4, 0.5) is 4.39 Å². The lowest BCUT2D eigenvalue weighted by molar-refractivity contribution is -0.158. The molecule has 2 aromatic carbocycles. The molecule has 0 bridgehead atoms. The van der Waals surface area contributed by atoms with Gasteiger partial charge in [0.05, 0.1) is 7.11 Å². The van der Waals surface area contributed by atoms with Crippen molar-refractivity contribution < 1.29 is 28.2 Å². The molecule has 0 radical (unpaired) electrons. The van der Waals surface area contributed by atoms with Crippen molar-refractivity contribution in [3.8, 4) is 5.75 Å². The molecule has 1 fully saturated rings. The Balaban J connectivity index is 1.60. The molecule has 0 aromatic heterocycles. The number of ether oxygens (including phenoxy) is 2. The van der Waals surface area contributed by atoms with Gasteiger partial charge in [-0.15, -0.1) is 0 Å². The van der Waals surface area contributed by atoms with E-state index in [-0.39, 0.29) is 6.04 Å². The molecule has 2 N–H and O–H groups in total. The maximum absolute atomic E-state index is 13.3. The van der Waals surface area contributed by atoms with E-state index in [1.807, 2.05) is 0 Å². The molecule has 0 saturated heterocycles. The molecule has 0 aliphatic heterocycles. The van der Waals surface area contributed by atoms with Crippen LogP contribution >= 0.6 is 0 Å². The van der Waals surface area contributed by atoms with Crippen LogP contribution in [0.25, 0.3) is 6.08 Å². The zero-order valence-corrected chi connectivity index (χ0v) is 17.8. The van der Waals surface area contributed by atoms with E-state index in [4.69, 9.17) is 9.47 Å². The van der Waals surface area contributed by atoms with Gasteiger partial charge in [-0.05, 0) is 55.7 Å². The summed E-state index contributed by atoms with van der Waals surface area (Å²) in [6, 6.07) is 11.3. The molecule has 2 atom stereocenters. The lowest BCUT2D eigenvalue weighted by atomic mass is 10.1. The second kappa shape index (κ2) is 10.6. The summed E-state index contributed by atoms with van der Waals surface area (Å²) >= 11 is 0. The fourth-order valence-corrected chi connectivity index (χ4v) is 2.84. The fraction of sp³-hybridized carbons (Fsp3) is 0.292. The maximum atomic E-state index is 13.3. The molecular formula is C24H25FN2O5. The van der Waals surface area contributed by atoms with E-state index >= 15 is 0 Å². The molecule has 2 amide bonds. The van der Waals surface area contributed by atoms with Gasteiger partial charge in [0.15, 0.2) is 0 Å². The maximum Gasteiger partial charge on any atom is 0.329 e. The van der Waals surface area contributed by atoms with E-state index in [1.54, 1.807) is 37.5 Å². The van der Waals surface area contributed by atoms with Crippen molar-refractivity contribution in [1.29, 1.82) is 0 Å². The average molecular weight is 440 g/mol. The zero-order valence-electron chi connectivity index (χ0n) is 17.8. The Labute approximate surface area is 185 Å². The predicted molar refractivity (Wildman–Crippen MR) is 116 cm³/mol. The standard InChI is InChI=1S/C24H25FN2O5/c1-15(26-21(28)14-5-16-3-12-20(31-2)13-4-16)24(30)32-22(23(29)27-19-10-11-19)17-6-8-18(25)9-7-17/h3-9,12-15,19,22H,10-11H2,1-2H3,(H,26,28)(H,27,29)/b14-5+/t15-,22?/m0/s1. The molecule has 32 heavy (non-hydrogen) atoms. The van der Waals surface area contributed by atoms with Crippen LogP contribution in [0, 0.1) is 5.82 Å². The number of benzene rings is 2. The van der Waals surface area contributed by atoms with Gasteiger partial charge in [-0.3, -0.25) is 9.59 Å². The van der Waals surface area contributed by atoms with Gasteiger partial charge in [-0.2, -0.15) is 0 Å². The minimum Gasteiger partial charge on any atom is -0.497 e. The number of amides is 2. The fourth-order valence-electron chi connectivity index (χ4n) is 2.84. The highest BCUT2D eigenvalue weighted by molar-refractivity contribution is 5.95. The Morgan fingerprint density at radius 2 is 1.72 bits per heavy atom. The largest absolute Gasteiger partial charge is 0.497 e. The molecule has 168 valence electrons. The van der Waals surface area contributed by atoms with Crippen LogP contribution in [-0.4, -0.2) is 37.0 Å². The Bertz CT molecular complexity index is 984. The van der Waals surface area contributed by atoms with E-state index in [2.05, 4.69) is 10.6 Å². The Kier molecular flexibility index (Phi) is 7.59. The Morgan fingerprint density at radius 1 is 1.06 bits per heavy atom. The lowest BCUT2D eigenvalue weighted by Crippen LogP contribution is -2.41. The van der Waals surface area contributed by atoms with Crippen LogP contribution < -0.4 is 15.4 Å². The normalized spacial score (nSPS) is 15.0. The molecule has 1 unspecified atom stereocenters. The number of halogens is 1. The number of carbonyl (C=O) groups excluding carboxylic acids is 3. The molecular weight excluding hydrogens is 415 g/mol. The molecule has 3 rings (SSSR count). The van der Waals surface area contributed by atoms with Gasteiger partial charge in [0.25, 0.3) is 5.91 Å². The minimum absolute atomic E-state index is 0.0596. The van der Waals surface area contributed by atoms with Crippen molar-refractivity contribution in [3.05, 3.63) is 71.6 Å². The van der Waals surface area contributed by atoms with Crippen molar-refractivity contribution in [2.24, 2.45) is 0 Å². The molecule has 2 aromatic rings. The number of esters is 1. The Hall–Kier alpha value is -3.68. The summed E-state index contributed by atoms with van der Waals surface area (Å²) in [6.07, 6.45) is 3.38. The van der Waals surface area contributed by atoms with Crippen LogP contribution in [-0.2, 0) is 19.1 Å². The van der Waals surface area contributed by atoms with E-state index in [0.29, 0.717) is 11.3 Å². The zero-order chi connectivity index (χ0) is 23.1. The van der Waals surface area contributed by atoms with Gasteiger partial charge >= 0.3 is 5.97 Å². The molecule has 8 heteroatoms. The smallest absolute Gasteiger partial charge is 0.329 e. The van der Waals surface area contributed by atoms with E-state index in [1.165, 1.54) is 37.3 Å². The van der Waals surface area contributed by atoms with Gasteiger partial charge in [-0.25, -0.2) is 9.18 Å².